The summed E-state index contributed by atoms with van der Waals surface area (Å²) in [6.07, 6.45) is 0.645. The number of hydrogen-bond donors (Lipinski definition) is 3. The van der Waals surface area contributed by atoms with Gasteiger partial charge in [-0.15, -0.1) is 0 Å². The lowest BCUT2D eigenvalue weighted by Gasteiger charge is -2.13. The molecule has 0 aliphatic heterocycles. The standard InChI is InChI=1S/C22H28FN3O4S/c1-16(2)26-31(29,30)15-19-7-4-3-6-18(19)14-25-21(27)8-5-13-24-22(28)17-9-11-20(23)12-10-17/h3-4,6-7,9-12,16,26H,5,8,13-15H2,1-2H3,(H,24,28)(H,25,27). The van der Waals surface area contributed by atoms with Crippen LogP contribution in [0.3, 0.4) is 0 Å². The smallest absolute Gasteiger partial charge is 0.251 e. The third-order valence-corrected chi connectivity index (χ3v) is 5.85. The van der Waals surface area contributed by atoms with E-state index in [0.29, 0.717) is 24.1 Å². The molecule has 0 aromatic heterocycles. The third-order valence-electron chi connectivity index (χ3n) is 4.33. The second-order valence-electron chi connectivity index (χ2n) is 7.44. The Bertz CT molecular complexity index is 992. The molecule has 0 aliphatic carbocycles. The minimum atomic E-state index is -3.47. The average Bonchev–Trinajstić information content (AvgIpc) is 2.69. The molecule has 0 radical (unpaired) electrons. The van der Waals surface area contributed by atoms with Gasteiger partial charge in [-0.05, 0) is 55.7 Å². The van der Waals surface area contributed by atoms with E-state index < -0.39 is 15.8 Å². The van der Waals surface area contributed by atoms with Gasteiger partial charge in [-0.25, -0.2) is 17.5 Å². The van der Waals surface area contributed by atoms with E-state index in [1.807, 2.05) is 0 Å². The maximum absolute atomic E-state index is 12.9. The van der Waals surface area contributed by atoms with Crippen molar-refractivity contribution >= 4 is 21.8 Å². The first-order valence-corrected chi connectivity index (χ1v) is 11.7. The number of rotatable bonds is 11. The zero-order valence-corrected chi connectivity index (χ0v) is 18.5. The average molecular weight is 450 g/mol. The molecule has 0 atom stereocenters. The predicted molar refractivity (Wildman–Crippen MR) is 117 cm³/mol. The molecule has 168 valence electrons. The minimum absolute atomic E-state index is 0.160. The van der Waals surface area contributed by atoms with Crippen molar-refractivity contribution in [2.75, 3.05) is 6.54 Å². The van der Waals surface area contributed by atoms with E-state index in [9.17, 15) is 22.4 Å². The van der Waals surface area contributed by atoms with Crippen LogP contribution in [0.4, 0.5) is 4.39 Å². The zero-order valence-electron chi connectivity index (χ0n) is 17.7. The zero-order chi connectivity index (χ0) is 22.9. The summed E-state index contributed by atoms with van der Waals surface area (Å²) in [7, 11) is -3.47. The Morgan fingerprint density at radius 1 is 0.968 bits per heavy atom. The van der Waals surface area contributed by atoms with Crippen LogP contribution in [0.5, 0.6) is 0 Å². The highest BCUT2D eigenvalue weighted by molar-refractivity contribution is 7.88. The topological polar surface area (TPSA) is 104 Å². The quantitative estimate of drug-likeness (QED) is 0.459. The van der Waals surface area contributed by atoms with Crippen LogP contribution < -0.4 is 15.4 Å². The first-order valence-electron chi connectivity index (χ1n) is 10.0. The Morgan fingerprint density at radius 3 is 2.26 bits per heavy atom. The SMILES string of the molecule is CC(C)NS(=O)(=O)Cc1ccccc1CNC(=O)CCCNC(=O)c1ccc(F)cc1. The van der Waals surface area contributed by atoms with Gasteiger partial charge in [0.2, 0.25) is 15.9 Å². The fourth-order valence-corrected chi connectivity index (χ4v) is 4.41. The molecule has 0 saturated carbocycles. The van der Waals surface area contributed by atoms with Gasteiger partial charge in [-0.1, -0.05) is 24.3 Å². The molecule has 31 heavy (non-hydrogen) atoms. The minimum Gasteiger partial charge on any atom is -0.352 e. The van der Waals surface area contributed by atoms with E-state index in [0.717, 1.165) is 5.56 Å². The molecule has 3 N–H and O–H groups in total. The number of halogens is 1. The summed E-state index contributed by atoms with van der Waals surface area (Å²) in [5, 5.41) is 5.47. The molecule has 2 aromatic rings. The first-order chi connectivity index (χ1) is 14.7. The molecule has 0 aliphatic rings. The van der Waals surface area contributed by atoms with Crippen molar-refractivity contribution in [3.63, 3.8) is 0 Å². The Morgan fingerprint density at radius 2 is 1.61 bits per heavy atom. The van der Waals surface area contributed by atoms with Crippen LogP contribution in [-0.4, -0.2) is 32.8 Å². The molecular formula is C22H28FN3O4S. The van der Waals surface area contributed by atoms with E-state index in [1.54, 1.807) is 38.1 Å². The summed E-state index contributed by atoms with van der Waals surface area (Å²) in [6.45, 7) is 4.03. The van der Waals surface area contributed by atoms with Crippen LogP contribution in [0, 0.1) is 5.82 Å². The maximum Gasteiger partial charge on any atom is 0.251 e. The second-order valence-corrected chi connectivity index (χ2v) is 9.20. The summed E-state index contributed by atoms with van der Waals surface area (Å²) in [6, 6.07) is 12.1. The summed E-state index contributed by atoms with van der Waals surface area (Å²) >= 11 is 0. The predicted octanol–water partition coefficient (Wildman–Crippen LogP) is 2.48. The Kier molecular flexibility index (Phi) is 9.14. The number of nitrogens with one attached hydrogen (secondary N) is 3. The van der Waals surface area contributed by atoms with Crippen LogP contribution in [0.1, 0.15) is 48.2 Å². The molecule has 0 spiro atoms. The summed E-state index contributed by atoms with van der Waals surface area (Å²) in [5.41, 5.74) is 1.71. The van der Waals surface area contributed by atoms with Gasteiger partial charge < -0.3 is 10.6 Å². The number of carbonyl (C=O) groups is 2. The summed E-state index contributed by atoms with van der Waals surface area (Å²) in [4.78, 5) is 24.1. The maximum atomic E-state index is 12.9. The van der Waals surface area contributed by atoms with E-state index in [1.165, 1.54) is 24.3 Å². The molecular weight excluding hydrogens is 421 g/mol. The Labute approximate surface area is 182 Å². The van der Waals surface area contributed by atoms with E-state index in [2.05, 4.69) is 15.4 Å². The fourth-order valence-electron chi connectivity index (χ4n) is 2.91. The van der Waals surface area contributed by atoms with Crippen LogP contribution in [-0.2, 0) is 27.1 Å². The lowest BCUT2D eigenvalue weighted by atomic mass is 10.1. The molecule has 2 aromatic carbocycles. The number of hydrogen-bond acceptors (Lipinski definition) is 4. The van der Waals surface area contributed by atoms with Crippen LogP contribution in [0.2, 0.25) is 0 Å². The molecule has 2 amide bonds. The van der Waals surface area contributed by atoms with Crippen molar-refractivity contribution in [3.05, 3.63) is 71.0 Å². The van der Waals surface area contributed by atoms with E-state index >= 15 is 0 Å². The second kappa shape index (κ2) is 11.6. The van der Waals surface area contributed by atoms with Crippen LogP contribution in [0.15, 0.2) is 48.5 Å². The Balaban J connectivity index is 1.77. The molecule has 0 saturated heterocycles. The largest absolute Gasteiger partial charge is 0.352 e. The van der Waals surface area contributed by atoms with Gasteiger partial charge in [0.05, 0.1) is 5.75 Å². The van der Waals surface area contributed by atoms with Crippen molar-refractivity contribution < 1.29 is 22.4 Å². The van der Waals surface area contributed by atoms with Gasteiger partial charge in [-0.2, -0.15) is 0 Å². The van der Waals surface area contributed by atoms with Gasteiger partial charge in [0.1, 0.15) is 5.82 Å². The number of benzene rings is 2. The molecule has 0 unspecified atom stereocenters. The first kappa shape index (κ1) is 24.5. The third kappa shape index (κ3) is 8.85. The highest BCUT2D eigenvalue weighted by Crippen LogP contribution is 2.12. The monoisotopic (exact) mass is 449 g/mol. The molecule has 0 bridgehead atoms. The van der Waals surface area contributed by atoms with Crippen molar-refractivity contribution in [1.82, 2.24) is 15.4 Å². The Hall–Kier alpha value is -2.78. The fraction of sp³-hybridized carbons (Fsp3) is 0.364. The van der Waals surface area contributed by atoms with Crippen molar-refractivity contribution in [2.45, 2.75) is 45.0 Å². The van der Waals surface area contributed by atoms with E-state index in [-0.39, 0.29) is 36.6 Å². The lowest BCUT2D eigenvalue weighted by Crippen LogP contribution is -2.32. The van der Waals surface area contributed by atoms with Gasteiger partial charge in [0.25, 0.3) is 5.91 Å². The van der Waals surface area contributed by atoms with E-state index in [4.69, 9.17) is 0 Å². The number of carbonyl (C=O) groups excluding carboxylic acids is 2. The highest BCUT2D eigenvalue weighted by atomic mass is 32.2. The normalized spacial score (nSPS) is 11.4. The van der Waals surface area contributed by atoms with Gasteiger partial charge in [-0.3, -0.25) is 9.59 Å². The highest BCUT2D eigenvalue weighted by Gasteiger charge is 2.15. The molecule has 0 fully saturated rings. The van der Waals surface area contributed by atoms with Crippen LogP contribution >= 0.6 is 0 Å². The molecule has 9 heteroatoms. The van der Waals surface area contributed by atoms with Crippen LogP contribution in [0.25, 0.3) is 0 Å². The van der Waals surface area contributed by atoms with Gasteiger partial charge in [0.15, 0.2) is 0 Å². The van der Waals surface area contributed by atoms with Gasteiger partial charge in [0, 0.05) is 31.1 Å². The number of amides is 2. The molecule has 2 rings (SSSR count). The van der Waals surface area contributed by atoms with Crippen molar-refractivity contribution in [2.24, 2.45) is 0 Å². The molecule has 0 heterocycles. The molecule has 7 nitrogen and oxygen atoms in total. The lowest BCUT2D eigenvalue weighted by molar-refractivity contribution is -0.121. The number of sulfonamides is 1. The summed E-state index contributed by atoms with van der Waals surface area (Å²) in [5.74, 6) is -1.10. The van der Waals surface area contributed by atoms with Gasteiger partial charge >= 0.3 is 0 Å². The van der Waals surface area contributed by atoms with Crippen molar-refractivity contribution in [3.8, 4) is 0 Å². The summed E-state index contributed by atoms with van der Waals surface area (Å²) < 4.78 is 39.8. The van der Waals surface area contributed by atoms with Crippen molar-refractivity contribution in [1.29, 1.82) is 0 Å².